The molecule has 0 aliphatic rings. The highest BCUT2D eigenvalue weighted by Crippen LogP contribution is 2.32. The van der Waals surface area contributed by atoms with E-state index >= 15 is 0 Å². The molecule has 0 aliphatic heterocycles. The van der Waals surface area contributed by atoms with Crippen molar-refractivity contribution in [3.8, 4) is 0 Å². The molecule has 0 unspecified atom stereocenters. The molecule has 0 spiro atoms. The van der Waals surface area contributed by atoms with Gasteiger partial charge >= 0.3 is 6.18 Å². The van der Waals surface area contributed by atoms with Crippen LogP contribution in [0.4, 0.5) is 27.6 Å². The van der Waals surface area contributed by atoms with Gasteiger partial charge in [0.15, 0.2) is 0 Å². The summed E-state index contributed by atoms with van der Waals surface area (Å²) < 4.78 is 62.8. The second kappa shape index (κ2) is 7.91. The summed E-state index contributed by atoms with van der Waals surface area (Å²) in [5.74, 6) is 0.228. The Labute approximate surface area is 146 Å². The topological polar surface area (TPSA) is 85.8 Å². The van der Waals surface area contributed by atoms with Crippen molar-refractivity contribution in [2.45, 2.75) is 22.0 Å². The molecule has 1 amide bonds. The third kappa shape index (κ3) is 5.22. The van der Waals surface area contributed by atoms with Crippen LogP contribution in [0.3, 0.4) is 0 Å². The Bertz CT molecular complexity index is 752. The van der Waals surface area contributed by atoms with Crippen molar-refractivity contribution < 1.29 is 26.7 Å². The maximum Gasteiger partial charge on any atom is 0.453 e. The molecule has 1 aromatic carbocycles. The number of rotatable bonds is 6. The fourth-order valence-electron chi connectivity index (χ4n) is 1.65. The molecule has 0 bridgehead atoms. The van der Waals surface area contributed by atoms with E-state index in [1.165, 1.54) is 18.2 Å². The molecule has 0 saturated carbocycles. The molecule has 136 valence electrons. The smallest absolute Gasteiger partial charge is 0.335 e. The highest BCUT2D eigenvalue weighted by atomic mass is 32.2. The number of aromatic nitrogens is 3. The van der Waals surface area contributed by atoms with Crippen LogP contribution < -0.4 is 11.2 Å². The molecule has 1 heterocycles. The number of nitrogens with zero attached hydrogens (tertiary/aromatic N) is 3. The third-order valence-electron chi connectivity index (χ3n) is 2.63. The Hall–Kier alpha value is -2.02. The van der Waals surface area contributed by atoms with Gasteiger partial charge in [0.2, 0.25) is 11.1 Å². The fraction of sp³-hybridized carbons (Fsp3) is 0.250. The van der Waals surface area contributed by atoms with Crippen LogP contribution >= 0.6 is 23.5 Å². The fourth-order valence-corrected chi connectivity index (χ4v) is 2.91. The van der Waals surface area contributed by atoms with Gasteiger partial charge in [0.05, 0.1) is 11.4 Å². The Balaban J connectivity index is 1.99. The van der Waals surface area contributed by atoms with E-state index in [2.05, 4.69) is 15.5 Å². The molecule has 25 heavy (non-hydrogen) atoms. The lowest BCUT2D eigenvalue weighted by atomic mass is 10.3. The second-order valence-corrected chi connectivity index (χ2v) is 6.36. The van der Waals surface area contributed by atoms with Crippen molar-refractivity contribution >= 4 is 35.1 Å². The van der Waals surface area contributed by atoms with Gasteiger partial charge in [-0.15, -0.1) is 10.2 Å². The summed E-state index contributed by atoms with van der Waals surface area (Å²) in [7, 11) is 0. The lowest BCUT2D eigenvalue weighted by molar-refractivity contribution is -0.146. The van der Waals surface area contributed by atoms with Gasteiger partial charge in [-0.1, -0.05) is 35.7 Å². The minimum atomic E-state index is -4.77. The van der Waals surface area contributed by atoms with Crippen molar-refractivity contribution in [2.24, 2.45) is 0 Å². The SMILES string of the molecule is Nn1c(SCC(=O)Nc2ccccc2SC(F)F)nnc1C(F)(F)F. The minimum absolute atomic E-state index is 0.164. The monoisotopic (exact) mass is 399 g/mol. The van der Waals surface area contributed by atoms with E-state index < -0.39 is 23.7 Å². The maximum atomic E-state index is 12.5. The normalized spacial score (nSPS) is 11.8. The molecule has 0 radical (unpaired) electrons. The molecular weight excluding hydrogens is 389 g/mol. The van der Waals surface area contributed by atoms with Crippen LogP contribution in [0.1, 0.15) is 5.82 Å². The number of thioether (sulfide) groups is 2. The summed E-state index contributed by atoms with van der Waals surface area (Å²) in [6, 6.07) is 5.92. The lowest BCUT2D eigenvalue weighted by Crippen LogP contribution is -2.22. The van der Waals surface area contributed by atoms with Crippen molar-refractivity contribution in [2.75, 3.05) is 16.9 Å². The van der Waals surface area contributed by atoms with Crippen LogP contribution in [0.25, 0.3) is 0 Å². The van der Waals surface area contributed by atoms with E-state index in [4.69, 9.17) is 5.84 Å². The first kappa shape index (κ1) is 19.3. The van der Waals surface area contributed by atoms with E-state index in [0.29, 0.717) is 11.8 Å². The predicted molar refractivity (Wildman–Crippen MR) is 82.8 cm³/mol. The summed E-state index contributed by atoms with van der Waals surface area (Å²) in [6.07, 6.45) is -4.77. The first-order chi connectivity index (χ1) is 11.7. The summed E-state index contributed by atoms with van der Waals surface area (Å²) in [6.45, 7) is 0. The first-order valence-electron chi connectivity index (χ1n) is 6.42. The number of alkyl halides is 5. The average molecular weight is 399 g/mol. The second-order valence-electron chi connectivity index (χ2n) is 4.39. The predicted octanol–water partition coefficient (Wildman–Crippen LogP) is 3.06. The number of halogens is 5. The number of nitrogens with one attached hydrogen (secondary N) is 1. The quantitative estimate of drug-likeness (QED) is 0.441. The molecule has 0 saturated heterocycles. The largest absolute Gasteiger partial charge is 0.453 e. The zero-order valence-electron chi connectivity index (χ0n) is 12.1. The number of anilines is 1. The first-order valence-corrected chi connectivity index (χ1v) is 8.29. The van der Waals surface area contributed by atoms with Crippen molar-refractivity contribution in [1.82, 2.24) is 14.9 Å². The van der Waals surface area contributed by atoms with Crippen LogP contribution in [0.5, 0.6) is 0 Å². The van der Waals surface area contributed by atoms with E-state index in [0.717, 1.165) is 0 Å². The molecule has 0 aliphatic carbocycles. The number of carbonyl (C=O) groups excluding carboxylic acids is 1. The number of hydrogen-bond donors (Lipinski definition) is 2. The Morgan fingerprint density at radius 2 is 1.96 bits per heavy atom. The highest BCUT2D eigenvalue weighted by molar-refractivity contribution is 8.00. The van der Waals surface area contributed by atoms with Crippen LogP contribution in [-0.4, -0.2) is 32.3 Å². The summed E-state index contributed by atoms with van der Waals surface area (Å²) in [5, 5.41) is 8.29. The average Bonchev–Trinajstić information content (AvgIpc) is 2.88. The van der Waals surface area contributed by atoms with Gasteiger partial charge < -0.3 is 11.2 Å². The number of para-hydroxylation sites is 1. The third-order valence-corrected chi connectivity index (χ3v) is 4.36. The van der Waals surface area contributed by atoms with Gasteiger partial charge in [0, 0.05) is 4.90 Å². The van der Waals surface area contributed by atoms with Gasteiger partial charge in [-0.05, 0) is 12.1 Å². The molecule has 2 aromatic rings. The number of amides is 1. The van der Waals surface area contributed by atoms with Gasteiger partial charge in [-0.3, -0.25) is 4.79 Å². The van der Waals surface area contributed by atoms with Crippen LogP contribution in [0.2, 0.25) is 0 Å². The van der Waals surface area contributed by atoms with Crippen molar-refractivity contribution in [3.63, 3.8) is 0 Å². The van der Waals surface area contributed by atoms with Crippen LogP contribution in [0.15, 0.2) is 34.3 Å². The number of hydrogen-bond acceptors (Lipinski definition) is 6. The lowest BCUT2D eigenvalue weighted by Gasteiger charge is -2.10. The molecule has 13 heteroatoms. The number of benzene rings is 1. The molecule has 0 atom stereocenters. The van der Waals surface area contributed by atoms with Crippen molar-refractivity contribution in [3.05, 3.63) is 30.1 Å². The number of nitrogen functional groups attached to an aromatic ring is 1. The number of nitrogens with two attached hydrogens (primary N) is 1. The van der Waals surface area contributed by atoms with Gasteiger partial charge in [0.25, 0.3) is 11.6 Å². The van der Waals surface area contributed by atoms with Gasteiger partial charge in [0.1, 0.15) is 0 Å². The molecule has 0 fully saturated rings. The Morgan fingerprint density at radius 1 is 1.28 bits per heavy atom. The van der Waals surface area contributed by atoms with Crippen molar-refractivity contribution in [1.29, 1.82) is 0 Å². The Kier molecular flexibility index (Phi) is 6.11. The molecule has 1 aromatic heterocycles. The Morgan fingerprint density at radius 3 is 2.56 bits per heavy atom. The van der Waals surface area contributed by atoms with Crippen LogP contribution in [-0.2, 0) is 11.0 Å². The maximum absolute atomic E-state index is 12.5. The molecule has 2 rings (SSSR count). The van der Waals surface area contributed by atoms with Gasteiger partial charge in [-0.2, -0.15) is 22.0 Å². The summed E-state index contributed by atoms with van der Waals surface area (Å²) in [5.41, 5.74) is 0.170. The van der Waals surface area contributed by atoms with E-state index in [1.54, 1.807) is 6.07 Å². The summed E-state index contributed by atoms with van der Waals surface area (Å²) >= 11 is 0.892. The molecule has 6 nitrogen and oxygen atoms in total. The standard InChI is InChI=1S/C12H10F5N5OS2/c13-10(14)25-7-4-2-1-3-6(7)19-8(23)5-24-11-21-20-9(22(11)18)12(15,16)17/h1-4,10H,5,18H2,(H,19,23). The highest BCUT2D eigenvalue weighted by Gasteiger charge is 2.38. The number of carbonyl (C=O) groups is 1. The van der Waals surface area contributed by atoms with Crippen LogP contribution in [0, 0.1) is 0 Å². The van der Waals surface area contributed by atoms with E-state index in [1.807, 2.05) is 0 Å². The zero-order chi connectivity index (χ0) is 18.6. The van der Waals surface area contributed by atoms with Gasteiger partial charge in [-0.25, -0.2) is 4.68 Å². The van der Waals surface area contributed by atoms with E-state index in [-0.39, 0.29) is 37.9 Å². The molecular formula is C12H10F5N5OS2. The molecule has 3 N–H and O–H groups in total. The zero-order valence-corrected chi connectivity index (χ0v) is 13.8. The van der Waals surface area contributed by atoms with E-state index in [9.17, 15) is 26.7 Å². The minimum Gasteiger partial charge on any atom is -0.335 e. The summed E-state index contributed by atoms with van der Waals surface area (Å²) in [4.78, 5) is 12.1.